The van der Waals surface area contributed by atoms with Crippen LogP contribution in [0.3, 0.4) is 0 Å². The van der Waals surface area contributed by atoms with Crippen LogP contribution < -0.4 is 5.32 Å². The van der Waals surface area contributed by atoms with Gasteiger partial charge in [0, 0.05) is 5.69 Å². The highest BCUT2D eigenvalue weighted by Gasteiger charge is 2.20. The molecule has 2 aromatic heterocycles. The number of imidazole rings is 1. The van der Waals surface area contributed by atoms with E-state index in [1.165, 1.54) is 23.1 Å². The first kappa shape index (κ1) is 19.0. The molecule has 0 saturated heterocycles. The molecule has 7 nitrogen and oxygen atoms in total. The number of aliphatic hydroxyl groups is 1. The fourth-order valence-electron chi connectivity index (χ4n) is 2.67. The Kier molecular flexibility index (Phi) is 5.46. The van der Waals surface area contributed by atoms with Crippen LogP contribution in [0.5, 0.6) is 0 Å². The van der Waals surface area contributed by atoms with Crippen molar-refractivity contribution in [2.24, 2.45) is 0 Å². The van der Waals surface area contributed by atoms with Gasteiger partial charge in [0.05, 0.1) is 16.3 Å². The molecule has 9 heteroatoms. The highest BCUT2D eigenvalue weighted by Crippen LogP contribution is 2.34. The first-order valence-corrected chi connectivity index (χ1v) is 10.4. The van der Waals surface area contributed by atoms with Crippen molar-refractivity contribution in [1.29, 1.82) is 5.26 Å². The maximum atomic E-state index is 10.7. The van der Waals surface area contributed by atoms with Gasteiger partial charge in [-0.1, -0.05) is 53.4 Å². The van der Waals surface area contributed by atoms with Crippen molar-refractivity contribution >= 4 is 50.5 Å². The predicted octanol–water partition coefficient (Wildman–Crippen LogP) is 5.13. The number of anilines is 2. The summed E-state index contributed by atoms with van der Waals surface area (Å²) in [5.41, 5.74) is 2.59. The van der Waals surface area contributed by atoms with Crippen molar-refractivity contribution < 1.29 is 5.11 Å². The Hall–Kier alpha value is -3.35. The molecule has 0 bridgehead atoms. The summed E-state index contributed by atoms with van der Waals surface area (Å²) in [7, 11) is 0. The maximum absolute atomic E-state index is 10.7. The first-order valence-electron chi connectivity index (χ1n) is 8.74. The van der Waals surface area contributed by atoms with Gasteiger partial charge in [-0.05, 0) is 31.2 Å². The molecule has 4 rings (SSSR count). The summed E-state index contributed by atoms with van der Waals surface area (Å²) < 4.78 is 0.685. The second-order valence-corrected chi connectivity index (χ2v) is 8.66. The number of rotatable bonds is 6. The van der Waals surface area contributed by atoms with Crippen LogP contribution in [0.4, 0.5) is 10.8 Å². The van der Waals surface area contributed by atoms with Crippen LogP contribution in [0, 0.1) is 11.3 Å². The monoisotopic (exact) mass is 420 g/mol. The van der Waals surface area contributed by atoms with Gasteiger partial charge in [-0.3, -0.25) is 0 Å². The summed E-state index contributed by atoms with van der Waals surface area (Å²) in [6.07, 6.45) is 0. The molecule has 0 aliphatic rings. The normalized spacial score (nSPS) is 13.0. The third-order valence-electron chi connectivity index (χ3n) is 4.09. The second-order valence-electron chi connectivity index (χ2n) is 6.10. The molecule has 0 fully saturated rings. The van der Waals surface area contributed by atoms with E-state index in [9.17, 15) is 10.4 Å². The molecule has 0 saturated carbocycles. The molecule has 29 heavy (non-hydrogen) atoms. The van der Waals surface area contributed by atoms with Crippen LogP contribution in [0.1, 0.15) is 12.7 Å². The summed E-state index contributed by atoms with van der Waals surface area (Å²) in [6, 6.07) is 19.2. The van der Waals surface area contributed by atoms with Gasteiger partial charge in [-0.2, -0.15) is 5.26 Å². The zero-order valence-electron chi connectivity index (χ0n) is 15.3. The molecule has 0 radical (unpaired) electrons. The van der Waals surface area contributed by atoms with E-state index in [4.69, 9.17) is 0 Å². The summed E-state index contributed by atoms with van der Waals surface area (Å²) in [5, 5.41) is 32.0. The number of aromatic amines is 1. The molecule has 1 unspecified atom stereocenters. The standard InChI is InChI=1S/C20H16N6OS2/c1-12(28-20-26-25-19(29-20)22-13-7-3-2-4-8-13)17(27)14(11-21)18-23-15-9-5-6-10-16(15)24-18/h2-10,12,27H,1H3,(H,22,25)(H,23,24)/b17-14-. The lowest BCUT2D eigenvalue weighted by molar-refractivity contribution is 0.402. The predicted molar refractivity (Wildman–Crippen MR) is 116 cm³/mol. The number of fused-ring (bicyclic) bond motifs is 1. The fourth-order valence-corrected chi connectivity index (χ4v) is 4.65. The fraction of sp³-hybridized carbons (Fsp3) is 0.100. The average Bonchev–Trinajstić information content (AvgIpc) is 3.35. The topological polar surface area (TPSA) is 111 Å². The lowest BCUT2D eigenvalue weighted by atomic mass is 10.2. The summed E-state index contributed by atoms with van der Waals surface area (Å²) in [5.74, 6) is 0.298. The van der Waals surface area contributed by atoms with Crippen LogP contribution in [0.15, 0.2) is 64.7 Å². The number of thioether (sulfide) groups is 1. The Morgan fingerprint density at radius 1 is 1.17 bits per heavy atom. The lowest BCUT2D eigenvalue weighted by Gasteiger charge is -2.09. The zero-order chi connectivity index (χ0) is 20.2. The van der Waals surface area contributed by atoms with E-state index in [2.05, 4.69) is 31.6 Å². The average molecular weight is 421 g/mol. The van der Waals surface area contributed by atoms with Gasteiger partial charge < -0.3 is 15.4 Å². The largest absolute Gasteiger partial charge is 0.510 e. The van der Waals surface area contributed by atoms with Crippen LogP contribution in [-0.2, 0) is 0 Å². The minimum Gasteiger partial charge on any atom is -0.510 e. The molecular formula is C20H16N6OS2. The van der Waals surface area contributed by atoms with Crippen molar-refractivity contribution in [3.8, 4) is 6.07 Å². The molecule has 144 valence electrons. The van der Waals surface area contributed by atoms with Crippen LogP contribution in [-0.4, -0.2) is 30.5 Å². The Morgan fingerprint density at radius 2 is 1.93 bits per heavy atom. The molecule has 0 spiro atoms. The van der Waals surface area contributed by atoms with E-state index in [0.29, 0.717) is 15.3 Å². The number of aliphatic hydroxyl groups excluding tert-OH is 1. The van der Waals surface area contributed by atoms with Gasteiger partial charge in [-0.25, -0.2) is 4.98 Å². The number of hydrogen-bond donors (Lipinski definition) is 3. The molecular weight excluding hydrogens is 404 g/mol. The third kappa shape index (κ3) is 4.23. The van der Waals surface area contributed by atoms with Gasteiger partial charge in [0.15, 0.2) is 10.2 Å². The van der Waals surface area contributed by atoms with Crippen molar-refractivity contribution in [3.05, 3.63) is 66.2 Å². The van der Waals surface area contributed by atoms with Crippen LogP contribution in [0.2, 0.25) is 0 Å². The second kappa shape index (κ2) is 8.34. The van der Waals surface area contributed by atoms with Crippen LogP contribution in [0.25, 0.3) is 16.6 Å². The molecule has 0 aliphatic carbocycles. The Bertz CT molecular complexity index is 1180. The molecule has 2 heterocycles. The van der Waals surface area contributed by atoms with Gasteiger partial charge in [0.1, 0.15) is 17.4 Å². The number of nitrogens with one attached hydrogen (secondary N) is 2. The smallest absolute Gasteiger partial charge is 0.210 e. The van der Waals surface area contributed by atoms with Crippen LogP contribution >= 0.6 is 23.1 Å². The first-order chi connectivity index (χ1) is 14.1. The van der Waals surface area contributed by atoms with Crippen molar-refractivity contribution in [1.82, 2.24) is 20.2 Å². The SMILES string of the molecule is CC(Sc1nnc(Nc2ccccc2)s1)/C(O)=C(\C#N)c1nc2ccccc2[nH]1. The van der Waals surface area contributed by atoms with Crippen molar-refractivity contribution in [3.63, 3.8) is 0 Å². The quantitative estimate of drug-likeness (QED) is 0.225. The molecule has 0 aliphatic heterocycles. The van der Waals surface area contributed by atoms with E-state index in [1.807, 2.05) is 61.5 Å². The van der Waals surface area contributed by atoms with Gasteiger partial charge in [0.25, 0.3) is 0 Å². The Balaban J connectivity index is 1.52. The highest BCUT2D eigenvalue weighted by atomic mass is 32.2. The maximum Gasteiger partial charge on any atom is 0.210 e. The van der Waals surface area contributed by atoms with E-state index < -0.39 is 5.25 Å². The molecule has 2 aromatic carbocycles. The minimum atomic E-state index is -0.393. The van der Waals surface area contributed by atoms with E-state index in [1.54, 1.807) is 0 Å². The summed E-state index contributed by atoms with van der Waals surface area (Å²) >= 11 is 2.71. The number of nitriles is 1. The van der Waals surface area contributed by atoms with Crippen molar-refractivity contribution in [2.75, 3.05) is 5.32 Å². The van der Waals surface area contributed by atoms with Crippen molar-refractivity contribution in [2.45, 2.75) is 16.5 Å². The number of aromatic nitrogens is 4. The lowest BCUT2D eigenvalue weighted by Crippen LogP contribution is -2.04. The number of para-hydroxylation sites is 3. The Morgan fingerprint density at radius 3 is 2.69 bits per heavy atom. The van der Waals surface area contributed by atoms with E-state index in [-0.39, 0.29) is 11.3 Å². The Labute approximate surface area is 175 Å². The molecule has 0 amide bonds. The summed E-state index contributed by atoms with van der Waals surface area (Å²) in [4.78, 5) is 7.49. The van der Waals surface area contributed by atoms with Gasteiger partial charge in [0.2, 0.25) is 5.13 Å². The van der Waals surface area contributed by atoms with Gasteiger partial charge in [-0.15, -0.1) is 10.2 Å². The molecule has 4 aromatic rings. The van der Waals surface area contributed by atoms with E-state index in [0.717, 1.165) is 16.7 Å². The number of hydrogen-bond acceptors (Lipinski definition) is 8. The third-order valence-corrected chi connectivity index (χ3v) is 6.12. The number of H-pyrrole nitrogens is 1. The number of allylic oxidation sites excluding steroid dienone is 1. The van der Waals surface area contributed by atoms with Gasteiger partial charge >= 0.3 is 0 Å². The highest BCUT2D eigenvalue weighted by molar-refractivity contribution is 8.01. The molecule has 3 N–H and O–H groups in total. The number of benzene rings is 2. The van der Waals surface area contributed by atoms with E-state index >= 15 is 0 Å². The zero-order valence-corrected chi connectivity index (χ0v) is 17.0. The summed E-state index contributed by atoms with van der Waals surface area (Å²) in [6.45, 7) is 1.81. The number of nitrogens with zero attached hydrogens (tertiary/aromatic N) is 4. The minimum absolute atomic E-state index is 0.0516. The molecule has 1 atom stereocenters.